The summed E-state index contributed by atoms with van der Waals surface area (Å²) in [6, 6.07) is 0. The Bertz CT molecular complexity index is 708. The molecule has 0 aliphatic carbocycles. The number of hydrogen-bond donors (Lipinski definition) is 0. The predicted molar refractivity (Wildman–Crippen MR) is 90.6 cm³/mol. The quantitative estimate of drug-likeness (QED) is 0.646. The summed E-state index contributed by atoms with van der Waals surface area (Å²) in [6.07, 6.45) is -9.52. The summed E-state index contributed by atoms with van der Waals surface area (Å²) in [5, 5.41) is 3.17. The van der Waals surface area contributed by atoms with Crippen LogP contribution in [0.3, 0.4) is 0 Å². The van der Waals surface area contributed by atoms with E-state index >= 15 is 0 Å². The average Bonchev–Trinajstić information content (AvgIpc) is 3.18. The molecule has 4 heterocycles. The molecule has 3 saturated heterocycles. The fourth-order valence-electron chi connectivity index (χ4n) is 3.77. The normalized spacial score (nSPS) is 41.2. The van der Waals surface area contributed by atoms with E-state index in [4.69, 9.17) is 33.3 Å². The molecule has 0 aromatic carbocycles. The van der Waals surface area contributed by atoms with Gasteiger partial charge in [0.1, 0.15) is 24.4 Å². The predicted octanol–water partition coefficient (Wildman–Crippen LogP) is 2.62. The summed E-state index contributed by atoms with van der Waals surface area (Å²) < 4.78 is 73.7. The molecule has 0 radical (unpaired) electrons. The minimum atomic E-state index is -4.59. The lowest BCUT2D eigenvalue weighted by Crippen LogP contribution is -2.47. The minimum absolute atomic E-state index is 0.0941. The molecule has 4 rings (SSSR count). The summed E-state index contributed by atoms with van der Waals surface area (Å²) in [6.45, 7) is 10.9. The van der Waals surface area contributed by atoms with Crippen molar-refractivity contribution in [3.05, 3.63) is 12.2 Å². The Balaban J connectivity index is 1.52. The van der Waals surface area contributed by atoms with Crippen LogP contribution in [0.25, 0.3) is 0 Å². The van der Waals surface area contributed by atoms with E-state index in [0.29, 0.717) is 0 Å². The fourth-order valence-corrected chi connectivity index (χ4v) is 3.77. The third-order valence-corrected chi connectivity index (χ3v) is 5.02. The highest BCUT2D eigenvalue weighted by atomic mass is 19.4. The van der Waals surface area contributed by atoms with Gasteiger partial charge in [0.2, 0.25) is 6.29 Å². The fraction of sp³-hybridized carbons (Fsp3) is 0.833. The molecule has 8 nitrogen and oxygen atoms in total. The number of hydrogen-bond acceptors (Lipinski definition) is 8. The summed E-state index contributed by atoms with van der Waals surface area (Å²) in [7, 11) is 0. The number of nitrogens with zero attached hydrogens (tertiary/aromatic N) is 1. The smallest absolute Gasteiger partial charge is 0.359 e. The van der Waals surface area contributed by atoms with E-state index in [1.165, 1.54) is 0 Å². The minimum Gasteiger partial charge on any atom is -0.359 e. The highest BCUT2D eigenvalue weighted by molar-refractivity contribution is 5.91. The Morgan fingerprint density at radius 1 is 1.07 bits per heavy atom. The van der Waals surface area contributed by atoms with Gasteiger partial charge < -0.3 is 33.3 Å². The van der Waals surface area contributed by atoms with Gasteiger partial charge >= 0.3 is 6.18 Å². The molecule has 4 aliphatic heterocycles. The third kappa shape index (κ3) is 4.17. The number of fused-ring (bicyclic) bond motifs is 1. The van der Waals surface area contributed by atoms with Gasteiger partial charge in [-0.1, -0.05) is 11.7 Å². The second-order valence-electron chi connectivity index (χ2n) is 8.35. The number of oxime groups is 1. The van der Waals surface area contributed by atoms with Crippen molar-refractivity contribution in [3.8, 4) is 0 Å². The first kappa shape index (κ1) is 21.0. The SMILES string of the molecule is C=C1CC(C(F)(F)F)=NOC1O[C@@H]1[C@H]2OC(C)(C)O[C@H]2O[C@@H]1[C@H]1COC(C)(C)O1. The van der Waals surface area contributed by atoms with Gasteiger partial charge in [-0.3, -0.25) is 0 Å². The van der Waals surface area contributed by atoms with E-state index in [2.05, 4.69) is 11.7 Å². The summed E-state index contributed by atoms with van der Waals surface area (Å²) in [5.74, 6) is -1.70. The molecule has 6 atom stereocenters. The Kier molecular flexibility index (Phi) is 4.99. The molecule has 11 heteroatoms. The lowest BCUT2D eigenvalue weighted by molar-refractivity contribution is -0.252. The van der Waals surface area contributed by atoms with Crippen LogP contribution in [0.1, 0.15) is 34.1 Å². The Morgan fingerprint density at radius 2 is 1.79 bits per heavy atom. The Morgan fingerprint density at radius 3 is 2.38 bits per heavy atom. The van der Waals surface area contributed by atoms with Crippen LogP contribution in [0.2, 0.25) is 0 Å². The van der Waals surface area contributed by atoms with Gasteiger partial charge in [-0.15, -0.1) is 0 Å². The number of alkyl halides is 3. The number of ether oxygens (including phenoxy) is 6. The molecule has 0 spiro atoms. The first-order valence-electron chi connectivity index (χ1n) is 9.30. The van der Waals surface area contributed by atoms with Crippen LogP contribution >= 0.6 is 0 Å². The molecular formula is C18H24F3NO7. The molecule has 3 fully saturated rings. The summed E-state index contributed by atoms with van der Waals surface area (Å²) in [4.78, 5) is 4.97. The van der Waals surface area contributed by atoms with E-state index in [9.17, 15) is 13.2 Å². The van der Waals surface area contributed by atoms with Crippen molar-refractivity contribution in [2.45, 2.75) is 88.9 Å². The summed E-state index contributed by atoms with van der Waals surface area (Å²) in [5.41, 5.74) is -0.966. The maximum absolute atomic E-state index is 12.9. The van der Waals surface area contributed by atoms with Gasteiger partial charge in [-0.05, 0) is 33.3 Å². The molecule has 4 aliphatic rings. The zero-order valence-electron chi connectivity index (χ0n) is 16.5. The van der Waals surface area contributed by atoms with E-state index in [1.807, 2.05) is 0 Å². The molecule has 0 aromatic rings. The van der Waals surface area contributed by atoms with Gasteiger partial charge in [-0.2, -0.15) is 13.2 Å². The molecule has 0 bridgehead atoms. The van der Waals surface area contributed by atoms with E-state index in [-0.39, 0.29) is 12.2 Å². The second-order valence-corrected chi connectivity index (χ2v) is 8.35. The van der Waals surface area contributed by atoms with Crippen LogP contribution in [-0.4, -0.2) is 67.1 Å². The van der Waals surface area contributed by atoms with Gasteiger partial charge in [0.25, 0.3) is 0 Å². The second kappa shape index (κ2) is 6.89. The molecule has 0 N–H and O–H groups in total. The van der Waals surface area contributed by atoms with Crippen molar-refractivity contribution in [2.24, 2.45) is 5.16 Å². The summed E-state index contributed by atoms with van der Waals surface area (Å²) >= 11 is 0. The van der Waals surface area contributed by atoms with Crippen molar-refractivity contribution in [1.29, 1.82) is 0 Å². The monoisotopic (exact) mass is 423 g/mol. The number of halogens is 3. The molecule has 164 valence electrons. The zero-order valence-corrected chi connectivity index (χ0v) is 16.5. The maximum atomic E-state index is 12.9. The van der Waals surface area contributed by atoms with Crippen LogP contribution in [0.4, 0.5) is 13.2 Å². The van der Waals surface area contributed by atoms with Gasteiger partial charge in [0, 0.05) is 6.42 Å². The topological polar surface area (TPSA) is 77.0 Å². The molecule has 0 saturated carbocycles. The van der Waals surface area contributed by atoms with E-state index < -0.39 is 66.9 Å². The maximum Gasteiger partial charge on any atom is 0.433 e. The van der Waals surface area contributed by atoms with Crippen molar-refractivity contribution in [1.82, 2.24) is 0 Å². The Hall–Kier alpha value is -1.24. The van der Waals surface area contributed by atoms with Crippen LogP contribution in [0.5, 0.6) is 0 Å². The van der Waals surface area contributed by atoms with Crippen LogP contribution in [-0.2, 0) is 33.3 Å². The van der Waals surface area contributed by atoms with Crippen LogP contribution in [0.15, 0.2) is 17.3 Å². The number of rotatable bonds is 3. The first-order valence-corrected chi connectivity index (χ1v) is 9.30. The largest absolute Gasteiger partial charge is 0.433 e. The van der Waals surface area contributed by atoms with Gasteiger partial charge in [0.05, 0.1) is 6.61 Å². The lowest BCUT2D eigenvalue weighted by Gasteiger charge is -2.32. The molecule has 29 heavy (non-hydrogen) atoms. The molecule has 0 amide bonds. The Labute approximate surface area is 165 Å². The standard InChI is InChI=1S/C18H24F3NO7/c1-8-6-10(18(19,20)21)22-29-14(8)25-12-11(9-7-23-16(2,3)26-9)24-15-13(12)27-17(4,5)28-15/h9,11-15H,1,6-7H2,2-5H3/t9-,11-,12+,13-,14?,15-/m1/s1. The van der Waals surface area contributed by atoms with E-state index in [1.54, 1.807) is 27.7 Å². The highest BCUT2D eigenvalue weighted by Gasteiger charge is 2.60. The van der Waals surface area contributed by atoms with Crippen LogP contribution in [0, 0.1) is 0 Å². The molecular weight excluding hydrogens is 399 g/mol. The molecule has 0 aromatic heterocycles. The first-order chi connectivity index (χ1) is 13.3. The van der Waals surface area contributed by atoms with Gasteiger partial charge in [0.15, 0.2) is 23.6 Å². The van der Waals surface area contributed by atoms with E-state index in [0.717, 1.165) is 0 Å². The molecule has 1 unspecified atom stereocenters. The van der Waals surface area contributed by atoms with Crippen molar-refractivity contribution < 1.29 is 46.4 Å². The lowest BCUT2D eigenvalue weighted by atomic mass is 10.0. The zero-order chi connectivity index (χ0) is 21.2. The third-order valence-electron chi connectivity index (χ3n) is 5.02. The van der Waals surface area contributed by atoms with Crippen molar-refractivity contribution in [2.75, 3.05) is 6.61 Å². The van der Waals surface area contributed by atoms with Crippen molar-refractivity contribution >= 4 is 5.71 Å². The highest BCUT2D eigenvalue weighted by Crippen LogP contribution is 2.43. The average molecular weight is 423 g/mol. The van der Waals surface area contributed by atoms with Gasteiger partial charge in [-0.25, -0.2) is 0 Å². The van der Waals surface area contributed by atoms with Crippen LogP contribution < -0.4 is 0 Å². The van der Waals surface area contributed by atoms with Crippen molar-refractivity contribution in [3.63, 3.8) is 0 Å².